The van der Waals surface area contributed by atoms with Crippen molar-refractivity contribution in [2.75, 3.05) is 20.1 Å². The maximum atomic E-state index is 12.4. The zero-order chi connectivity index (χ0) is 25.2. The van der Waals surface area contributed by atoms with E-state index in [0.29, 0.717) is 19.0 Å². The van der Waals surface area contributed by atoms with E-state index in [1.807, 2.05) is 24.2 Å². The number of carboxylic acids is 1. The molecule has 7 nitrogen and oxygen atoms in total. The second-order valence-electron chi connectivity index (χ2n) is 9.19. The molecule has 1 aliphatic heterocycles. The number of nitrogens with one attached hydrogen (secondary N) is 1. The van der Waals surface area contributed by atoms with E-state index in [0.717, 1.165) is 30.7 Å². The van der Waals surface area contributed by atoms with Gasteiger partial charge in [-0.05, 0) is 37.4 Å². The van der Waals surface area contributed by atoms with Gasteiger partial charge in [0, 0.05) is 31.6 Å². The van der Waals surface area contributed by atoms with Crippen LogP contribution in [0.4, 0.5) is 13.2 Å². The Morgan fingerprint density at radius 2 is 1.97 bits per heavy atom. The second-order valence-corrected chi connectivity index (χ2v) is 9.19. The van der Waals surface area contributed by atoms with Crippen molar-refractivity contribution >= 4 is 18.0 Å². The van der Waals surface area contributed by atoms with Crippen LogP contribution in [-0.2, 0) is 9.59 Å². The largest absolute Gasteiger partial charge is 0.490 e. The number of hydrogen-bond acceptors (Lipinski definition) is 5. The Morgan fingerprint density at radius 3 is 2.52 bits per heavy atom. The summed E-state index contributed by atoms with van der Waals surface area (Å²) in [6, 6.07) is 2.46. The highest BCUT2D eigenvalue weighted by atomic mass is 19.4. The zero-order valence-corrected chi connectivity index (χ0v) is 19.8. The van der Waals surface area contributed by atoms with Crippen molar-refractivity contribution in [2.45, 2.75) is 65.3 Å². The van der Waals surface area contributed by atoms with Crippen LogP contribution in [0.15, 0.2) is 24.5 Å². The van der Waals surface area contributed by atoms with Crippen molar-refractivity contribution in [1.29, 1.82) is 0 Å². The van der Waals surface area contributed by atoms with Crippen LogP contribution >= 0.6 is 0 Å². The molecule has 0 unspecified atom stereocenters. The van der Waals surface area contributed by atoms with Gasteiger partial charge in [0.1, 0.15) is 11.9 Å². The molecular weight excluding hydrogens is 439 g/mol. The maximum Gasteiger partial charge on any atom is 0.490 e. The fourth-order valence-electron chi connectivity index (χ4n) is 2.93. The lowest BCUT2D eigenvalue weighted by molar-refractivity contribution is -0.192. The van der Waals surface area contributed by atoms with E-state index in [2.05, 4.69) is 50.1 Å². The molecule has 0 aromatic carbocycles. The van der Waals surface area contributed by atoms with Gasteiger partial charge in [0.05, 0.1) is 12.7 Å². The van der Waals surface area contributed by atoms with E-state index < -0.39 is 12.1 Å². The van der Waals surface area contributed by atoms with Gasteiger partial charge in [-0.3, -0.25) is 9.78 Å². The number of amides is 1. The molecule has 186 valence electrons. The average Bonchev–Trinajstić information content (AvgIpc) is 3.15. The van der Waals surface area contributed by atoms with E-state index in [1.165, 1.54) is 0 Å². The highest BCUT2D eigenvalue weighted by Crippen LogP contribution is 2.24. The van der Waals surface area contributed by atoms with Crippen molar-refractivity contribution in [2.24, 2.45) is 5.41 Å². The van der Waals surface area contributed by atoms with Crippen molar-refractivity contribution < 1.29 is 32.6 Å². The summed E-state index contributed by atoms with van der Waals surface area (Å²) < 4.78 is 37.8. The van der Waals surface area contributed by atoms with Crippen LogP contribution in [0.5, 0.6) is 5.75 Å². The first-order valence-corrected chi connectivity index (χ1v) is 10.7. The molecule has 2 heterocycles. The molecule has 2 N–H and O–H groups in total. The van der Waals surface area contributed by atoms with Crippen LogP contribution in [0.3, 0.4) is 0 Å². The summed E-state index contributed by atoms with van der Waals surface area (Å²) in [7, 11) is 1.96. The van der Waals surface area contributed by atoms with E-state index in [1.54, 1.807) is 6.20 Å². The summed E-state index contributed by atoms with van der Waals surface area (Å²) in [5.74, 6) is -1.77. The summed E-state index contributed by atoms with van der Waals surface area (Å²) in [5, 5.41) is 10.3. The molecule has 1 aromatic rings. The third-order valence-electron chi connectivity index (χ3n) is 4.75. The van der Waals surface area contributed by atoms with Gasteiger partial charge >= 0.3 is 12.1 Å². The molecule has 2 rings (SSSR count). The first-order valence-electron chi connectivity index (χ1n) is 10.7. The minimum atomic E-state index is -5.08. The minimum absolute atomic E-state index is 0.0193. The summed E-state index contributed by atoms with van der Waals surface area (Å²) in [4.78, 5) is 27.4. The molecule has 0 bridgehead atoms. The lowest BCUT2D eigenvalue weighted by Gasteiger charge is -2.23. The SMILES string of the molecule is CN[C@@H](C)C/C=C/c1cncc(O[C@@H]2CCN(C(=O)CC(C)(C)C)C2)c1.O=C(O)C(F)(F)F. The van der Waals surface area contributed by atoms with Gasteiger partial charge < -0.3 is 20.1 Å². The number of alkyl halides is 3. The molecule has 1 fully saturated rings. The number of nitrogens with zero attached hydrogens (tertiary/aromatic N) is 2. The van der Waals surface area contributed by atoms with Gasteiger partial charge in [-0.15, -0.1) is 0 Å². The first kappa shape index (κ1) is 28.4. The third-order valence-corrected chi connectivity index (χ3v) is 4.75. The Labute approximate surface area is 193 Å². The summed E-state index contributed by atoms with van der Waals surface area (Å²) >= 11 is 0. The van der Waals surface area contributed by atoms with E-state index in [9.17, 15) is 18.0 Å². The molecule has 1 aliphatic rings. The molecular formula is C23H34F3N3O4. The first-order chi connectivity index (χ1) is 15.2. The Bertz CT molecular complexity index is 807. The van der Waals surface area contributed by atoms with Crippen molar-refractivity contribution in [3.63, 3.8) is 0 Å². The Morgan fingerprint density at radius 1 is 1.33 bits per heavy atom. The number of aliphatic carboxylic acids is 1. The summed E-state index contributed by atoms with van der Waals surface area (Å²) in [6.07, 6.45) is 5.17. The number of hydrogen-bond donors (Lipinski definition) is 2. The topological polar surface area (TPSA) is 91.8 Å². The highest BCUT2D eigenvalue weighted by Gasteiger charge is 2.38. The number of carbonyl (C=O) groups excluding carboxylic acids is 1. The smallest absolute Gasteiger partial charge is 0.487 e. The molecule has 0 spiro atoms. The number of carboxylic acid groups (broad SMARTS) is 1. The van der Waals surface area contributed by atoms with Crippen LogP contribution < -0.4 is 10.1 Å². The molecule has 33 heavy (non-hydrogen) atoms. The van der Waals surface area contributed by atoms with E-state index in [-0.39, 0.29) is 17.4 Å². The van der Waals surface area contributed by atoms with Crippen LogP contribution in [0, 0.1) is 5.41 Å². The van der Waals surface area contributed by atoms with Gasteiger partial charge in [0.2, 0.25) is 5.91 Å². The van der Waals surface area contributed by atoms with Crippen LogP contribution in [0.1, 0.15) is 52.5 Å². The van der Waals surface area contributed by atoms with Gasteiger partial charge in [0.15, 0.2) is 0 Å². The highest BCUT2D eigenvalue weighted by molar-refractivity contribution is 5.77. The van der Waals surface area contributed by atoms with Gasteiger partial charge in [-0.25, -0.2) is 4.79 Å². The third kappa shape index (κ3) is 11.7. The number of rotatable bonds is 7. The van der Waals surface area contributed by atoms with Crippen LogP contribution in [0.25, 0.3) is 6.08 Å². The molecule has 1 saturated heterocycles. The monoisotopic (exact) mass is 473 g/mol. The fraction of sp³-hybridized carbons (Fsp3) is 0.609. The Balaban J connectivity index is 0.000000675. The Kier molecular flexibility index (Phi) is 10.8. The fourth-order valence-corrected chi connectivity index (χ4v) is 2.93. The number of ether oxygens (including phenoxy) is 1. The standard InChI is InChI=1S/C21H33N3O2.C2HF3O2/c1-16(22-5)7-6-8-17-11-19(14-23-13-17)26-18-9-10-24(15-18)20(25)12-21(2,3)4;3-2(4,5)1(6)7/h6,8,11,13-14,16,18,22H,7,9-10,12,15H2,1-5H3;(H,6,7)/b8-6+;/t16-,18+;/m0./s1. The van der Waals surface area contributed by atoms with Crippen LogP contribution in [-0.4, -0.2) is 65.3 Å². The van der Waals surface area contributed by atoms with Crippen molar-refractivity contribution in [3.8, 4) is 5.75 Å². The van der Waals surface area contributed by atoms with Gasteiger partial charge in [-0.2, -0.15) is 13.2 Å². The molecule has 0 radical (unpaired) electrons. The van der Waals surface area contributed by atoms with E-state index >= 15 is 0 Å². The predicted molar refractivity (Wildman–Crippen MR) is 120 cm³/mol. The van der Waals surface area contributed by atoms with Crippen molar-refractivity contribution in [1.82, 2.24) is 15.2 Å². The predicted octanol–water partition coefficient (Wildman–Crippen LogP) is 4.14. The molecule has 2 atom stereocenters. The molecule has 0 saturated carbocycles. The number of aromatic nitrogens is 1. The zero-order valence-electron chi connectivity index (χ0n) is 19.8. The second kappa shape index (κ2) is 12.6. The lowest BCUT2D eigenvalue weighted by atomic mass is 9.92. The number of likely N-dealkylation sites (tertiary alicyclic amines) is 1. The average molecular weight is 474 g/mol. The Hall–Kier alpha value is -2.62. The quantitative estimate of drug-likeness (QED) is 0.619. The minimum Gasteiger partial charge on any atom is -0.487 e. The van der Waals surface area contributed by atoms with Gasteiger partial charge in [0.25, 0.3) is 0 Å². The molecule has 1 aromatic heterocycles. The van der Waals surface area contributed by atoms with E-state index in [4.69, 9.17) is 14.6 Å². The lowest BCUT2D eigenvalue weighted by Crippen LogP contribution is -2.33. The molecule has 10 heteroatoms. The number of carbonyl (C=O) groups is 2. The molecule has 1 amide bonds. The normalized spacial score (nSPS) is 17.5. The summed E-state index contributed by atoms with van der Waals surface area (Å²) in [6.45, 7) is 9.86. The van der Waals surface area contributed by atoms with Crippen molar-refractivity contribution in [3.05, 3.63) is 30.1 Å². The van der Waals surface area contributed by atoms with Gasteiger partial charge in [-0.1, -0.05) is 32.9 Å². The number of halogens is 3. The number of pyridine rings is 1. The van der Waals surface area contributed by atoms with Crippen LogP contribution in [0.2, 0.25) is 0 Å². The summed E-state index contributed by atoms with van der Waals surface area (Å²) in [5.41, 5.74) is 1.05. The molecule has 0 aliphatic carbocycles. The maximum absolute atomic E-state index is 12.4.